The molecule has 26 heavy (non-hydrogen) atoms. The number of rotatable bonds is 7. The van der Waals surface area contributed by atoms with Crippen LogP contribution in [0.2, 0.25) is 0 Å². The number of carbonyl (C=O) groups excluding carboxylic acids is 2. The smallest absolute Gasteiger partial charge is 0.433 e. The van der Waals surface area contributed by atoms with Gasteiger partial charge in [0.25, 0.3) is 0 Å². The van der Waals surface area contributed by atoms with Crippen molar-refractivity contribution in [3.63, 3.8) is 0 Å². The molecule has 0 radical (unpaired) electrons. The van der Waals surface area contributed by atoms with Gasteiger partial charge in [-0.3, -0.25) is 14.6 Å². The first-order chi connectivity index (χ1) is 12.3. The summed E-state index contributed by atoms with van der Waals surface area (Å²) in [5.41, 5.74) is -0.746. The Hall–Kier alpha value is -2.12. The van der Waals surface area contributed by atoms with E-state index in [0.29, 0.717) is 0 Å². The molecular weight excluding hydrogens is 349 g/mol. The fraction of sp³-hybridized carbons (Fsp3) is 0.611. The quantitative estimate of drug-likeness (QED) is 0.740. The molecule has 8 heteroatoms. The first-order valence-electron chi connectivity index (χ1n) is 8.79. The van der Waals surface area contributed by atoms with Crippen LogP contribution in [-0.4, -0.2) is 22.9 Å². The average molecular weight is 372 g/mol. The monoisotopic (exact) mass is 372 g/mol. The van der Waals surface area contributed by atoms with Crippen molar-refractivity contribution in [1.29, 1.82) is 0 Å². The summed E-state index contributed by atoms with van der Waals surface area (Å²) in [7, 11) is 0. The van der Waals surface area contributed by atoms with E-state index < -0.39 is 29.9 Å². The summed E-state index contributed by atoms with van der Waals surface area (Å²) in [5, 5.41) is 2.95. The standard InChI is InChI=1S/C18H23F3N2O3/c1-3-5-12(6-4-2)23-17(25)13-9-15(24)26-16(13)11-7-8-14(22-10-11)18(19,20)21/h7-8,10,12-13,16H,3-6,9H2,1-2H3,(H,23,25)/t13-,16?/m0/s1. The van der Waals surface area contributed by atoms with Crippen molar-refractivity contribution in [2.45, 2.75) is 64.3 Å². The Labute approximate surface area is 150 Å². The molecule has 0 spiro atoms. The second-order valence-corrected chi connectivity index (χ2v) is 6.48. The maximum atomic E-state index is 12.6. The molecule has 1 unspecified atom stereocenters. The summed E-state index contributed by atoms with van der Waals surface area (Å²) in [4.78, 5) is 27.7. The molecule has 2 rings (SSSR count). The predicted octanol–water partition coefficient (Wildman–Crippen LogP) is 3.79. The fourth-order valence-corrected chi connectivity index (χ4v) is 3.12. The number of alkyl halides is 3. The van der Waals surface area contributed by atoms with E-state index in [1.54, 1.807) is 0 Å². The molecule has 1 aliphatic heterocycles. The Morgan fingerprint density at radius 3 is 2.46 bits per heavy atom. The lowest BCUT2D eigenvalue weighted by Gasteiger charge is -2.22. The minimum Gasteiger partial charge on any atom is -0.457 e. The van der Waals surface area contributed by atoms with Crippen LogP contribution in [0.1, 0.15) is 63.3 Å². The summed E-state index contributed by atoms with van der Waals surface area (Å²) in [6.07, 6.45) is -1.06. The zero-order valence-corrected chi connectivity index (χ0v) is 14.8. The summed E-state index contributed by atoms with van der Waals surface area (Å²) in [6.45, 7) is 4.04. The largest absolute Gasteiger partial charge is 0.457 e. The van der Waals surface area contributed by atoms with E-state index in [0.717, 1.165) is 37.9 Å². The van der Waals surface area contributed by atoms with Crippen LogP contribution < -0.4 is 5.32 Å². The molecule has 1 saturated heterocycles. The van der Waals surface area contributed by atoms with E-state index in [9.17, 15) is 22.8 Å². The molecule has 2 heterocycles. The van der Waals surface area contributed by atoms with Crippen LogP contribution in [0.3, 0.4) is 0 Å². The summed E-state index contributed by atoms with van der Waals surface area (Å²) < 4.78 is 43.1. The highest BCUT2D eigenvalue weighted by molar-refractivity contribution is 5.87. The van der Waals surface area contributed by atoms with Crippen LogP contribution in [0.5, 0.6) is 0 Å². The van der Waals surface area contributed by atoms with Gasteiger partial charge >= 0.3 is 12.1 Å². The van der Waals surface area contributed by atoms with Crippen LogP contribution in [-0.2, 0) is 20.5 Å². The van der Waals surface area contributed by atoms with Gasteiger partial charge in [0, 0.05) is 17.8 Å². The highest BCUT2D eigenvalue weighted by atomic mass is 19.4. The molecular formula is C18H23F3N2O3. The number of hydrogen-bond acceptors (Lipinski definition) is 4. The molecule has 1 aromatic rings. The van der Waals surface area contributed by atoms with Crippen LogP contribution in [0.4, 0.5) is 13.2 Å². The number of cyclic esters (lactones) is 1. The molecule has 5 nitrogen and oxygen atoms in total. The van der Waals surface area contributed by atoms with Crippen molar-refractivity contribution < 1.29 is 27.5 Å². The van der Waals surface area contributed by atoms with Gasteiger partial charge in [0.2, 0.25) is 5.91 Å². The number of nitrogens with zero attached hydrogens (tertiary/aromatic N) is 1. The molecule has 2 atom stereocenters. The Balaban J connectivity index is 2.14. The Bertz CT molecular complexity index is 626. The first kappa shape index (κ1) is 20.2. The number of ether oxygens (including phenoxy) is 1. The zero-order valence-electron chi connectivity index (χ0n) is 14.8. The van der Waals surface area contributed by atoms with Gasteiger partial charge in [0.1, 0.15) is 11.8 Å². The molecule has 0 saturated carbocycles. The maximum Gasteiger partial charge on any atom is 0.433 e. The highest BCUT2D eigenvalue weighted by Gasteiger charge is 2.42. The minimum absolute atomic E-state index is 0.0135. The van der Waals surface area contributed by atoms with Crippen molar-refractivity contribution in [3.05, 3.63) is 29.6 Å². The molecule has 0 aromatic carbocycles. The van der Waals surface area contributed by atoms with Gasteiger partial charge in [-0.2, -0.15) is 13.2 Å². The number of aromatic nitrogens is 1. The minimum atomic E-state index is -4.55. The fourth-order valence-electron chi connectivity index (χ4n) is 3.12. The van der Waals surface area contributed by atoms with Crippen LogP contribution in [0, 0.1) is 5.92 Å². The third-order valence-corrected chi connectivity index (χ3v) is 4.37. The highest BCUT2D eigenvalue weighted by Crippen LogP contribution is 2.36. The number of carbonyl (C=O) groups is 2. The average Bonchev–Trinajstić information content (AvgIpc) is 2.97. The number of pyridine rings is 1. The molecule has 0 bridgehead atoms. The number of hydrogen-bond donors (Lipinski definition) is 1. The summed E-state index contributed by atoms with van der Waals surface area (Å²) in [5.74, 6) is -1.62. The molecule has 1 aliphatic rings. The van der Waals surface area contributed by atoms with Gasteiger partial charge in [0.05, 0.1) is 12.3 Å². The Kier molecular flexibility index (Phi) is 6.61. The molecule has 1 fully saturated rings. The van der Waals surface area contributed by atoms with Crippen molar-refractivity contribution in [2.24, 2.45) is 5.92 Å². The summed E-state index contributed by atoms with van der Waals surface area (Å²) in [6, 6.07) is 2.04. The molecule has 144 valence electrons. The van der Waals surface area contributed by atoms with E-state index in [-0.39, 0.29) is 23.9 Å². The van der Waals surface area contributed by atoms with Crippen LogP contribution in [0.25, 0.3) is 0 Å². The normalized spacial score (nSPS) is 20.3. The second kappa shape index (κ2) is 8.51. The number of halogens is 3. The molecule has 1 amide bonds. The van der Waals surface area contributed by atoms with Crippen molar-refractivity contribution >= 4 is 11.9 Å². The van der Waals surface area contributed by atoms with Gasteiger partial charge < -0.3 is 10.1 Å². The lowest BCUT2D eigenvalue weighted by Crippen LogP contribution is -2.39. The van der Waals surface area contributed by atoms with Crippen molar-refractivity contribution in [3.8, 4) is 0 Å². The maximum absolute atomic E-state index is 12.6. The third-order valence-electron chi connectivity index (χ3n) is 4.37. The SMILES string of the molecule is CCCC(CCC)NC(=O)[C@H]1CC(=O)OC1c1ccc(C(F)(F)F)nc1. The van der Waals surface area contributed by atoms with Gasteiger partial charge in [-0.25, -0.2) is 0 Å². The number of nitrogens with one attached hydrogen (secondary N) is 1. The van der Waals surface area contributed by atoms with E-state index >= 15 is 0 Å². The lowest BCUT2D eigenvalue weighted by atomic mass is 9.94. The second-order valence-electron chi connectivity index (χ2n) is 6.48. The van der Waals surface area contributed by atoms with Gasteiger partial charge in [-0.15, -0.1) is 0 Å². The predicted molar refractivity (Wildman–Crippen MR) is 87.9 cm³/mol. The topological polar surface area (TPSA) is 68.3 Å². The Morgan fingerprint density at radius 1 is 1.31 bits per heavy atom. The van der Waals surface area contributed by atoms with Crippen molar-refractivity contribution in [2.75, 3.05) is 0 Å². The Morgan fingerprint density at radius 2 is 1.96 bits per heavy atom. The molecule has 0 aliphatic carbocycles. The van der Waals surface area contributed by atoms with Gasteiger partial charge in [-0.05, 0) is 18.9 Å². The number of amides is 1. The molecule has 1 N–H and O–H groups in total. The van der Waals surface area contributed by atoms with Gasteiger partial charge in [-0.1, -0.05) is 32.8 Å². The lowest BCUT2D eigenvalue weighted by molar-refractivity contribution is -0.143. The van der Waals surface area contributed by atoms with E-state index in [1.807, 2.05) is 13.8 Å². The number of esters is 1. The van der Waals surface area contributed by atoms with Gasteiger partial charge in [0.15, 0.2) is 0 Å². The third kappa shape index (κ3) is 4.95. The summed E-state index contributed by atoms with van der Waals surface area (Å²) >= 11 is 0. The zero-order chi connectivity index (χ0) is 19.3. The van der Waals surface area contributed by atoms with Crippen LogP contribution >= 0.6 is 0 Å². The van der Waals surface area contributed by atoms with E-state index in [2.05, 4.69) is 10.3 Å². The first-order valence-corrected chi connectivity index (χ1v) is 8.79. The van der Waals surface area contributed by atoms with E-state index in [4.69, 9.17) is 4.74 Å². The van der Waals surface area contributed by atoms with Crippen LogP contribution in [0.15, 0.2) is 18.3 Å². The van der Waals surface area contributed by atoms with E-state index in [1.165, 1.54) is 6.07 Å². The molecule has 1 aromatic heterocycles. The van der Waals surface area contributed by atoms with Crippen molar-refractivity contribution in [1.82, 2.24) is 10.3 Å².